The van der Waals surface area contributed by atoms with E-state index in [2.05, 4.69) is 0 Å². The second kappa shape index (κ2) is 3.59. The van der Waals surface area contributed by atoms with Gasteiger partial charge in [-0.05, 0) is 30.0 Å². The zero-order valence-corrected chi connectivity index (χ0v) is 11.4. The first-order chi connectivity index (χ1) is 8.85. The lowest BCUT2D eigenvalue weighted by atomic mass is 10.0. The predicted molar refractivity (Wildman–Crippen MR) is 71.9 cm³/mol. The van der Waals surface area contributed by atoms with Gasteiger partial charge in [-0.15, -0.1) is 0 Å². The maximum Gasteiger partial charge on any atom is 0.234 e. The van der Waals surface area contributed by atoms with Crippen molar-refractivity contribution < 1.29 is 9.59 Å². The Kier molecular flexibility index (Phi) is 2.31. The molecule has 2 amide bonds. The molecule has 4 nitrogen and oxygen atoms in total. The van der Waals surface area contributed by atoms with Gasteiger partial charge in [-0.3, -0.25) is 14.5 Å². The fourth-order valence-electron chi connectivity index (χ4n) is 3.32. The molecule has 1 aliphatic carbocycles. The number of hydrogen-bond acceptors (Lipinski definition) is 3. The summed E-state index contributed by atoms with van der Waals surface area (Å²) in [4.78, 5) is 26.1. The maximum atomic E-state index is 12.3. The fourth-order valence-corrected chi connectivity index (χ4v) is 3.32. The van der Waals surface area contributed by atoms with Gasteiger partial charge in [0.25, 0.3) is 0 Å². The lowest BCUT2D eigenvalue weighted by Gasteiger charge is -2.27. The number of nitrogens with zero attached hydrogens (tertiary/aromatic N) is 1. The van der Waals surface area contributed by atoms with Crippen LogP contribution in [0.3, 0.4) is 0 Å². The quantitative estimate of drug-likeness (QED) is 0.651. The Balaban J connectivity index is 1.89. The van der Waals surface area contributed by atoms with Gasteiger partial charge in [-0.25, -0.2) is 0 Å². The number of anilines is 1. The van der Waals surface area contributed by atoms with Crippen LogP contribution in [0.1, 0.15) is 32.4 Å². The summed E-state index contributed by atoms with van der Waals surface area (Å²) in [5, 5.41) is 0. The van der Waals surface area contributed by atoms with Crippen molar-refractivity contribution in [3.05, 3.63) is 29.8 Å². The van der Waals surface area contributed by atoms with E-state index in [1.54, 1.807) is 6.07 Å². The molecule has 3 unspecified atom stereocenters. The first-order valence-electron chi connectivity index (χ1n) is 6.58. The van der Waals surface area contributed by atoms with Crippen LogP contribution in [0.4, 0.5) is 5.69 Å². The lowest BCUT2D eigenvalue weighted by Crippen LogP contribution is -2.38. The van der Waals surface area contributed by atoms with Crippen LogP contribution in [-0.4, -0.2) is 16.7 Å². The Morgan fingerprint density at radius 2 is 1.79 bits per heavy atom. The van der Waals surface area contributed by atoms with Crippen LogP contribution >= 0.6 is 0 Å². The first-order valence-corrected chi connectivity index (χ1v) is 6.58. The molecule has 0 radical (unpaired) electrons. The number of carbonyl (C=O) groups is 2. The second-order valence-electron chi connectivity index (χ2n) is 6.17. The number of fused-ring (bicyclic) bond motifs is 1. The summed E-state index contributed by atoms with van der Waals surface area (Å²) >= 11 is 0. The summed E-state index contributed by atoms with van der Waals surface area (Å²) in [6.45, 7) is 5.85. The molecule has 2 fully saturated rings. The van der Waals surface area contributed by atoms with Gasteiger partial charge in [-0.1, -0.05) is 26.0 Å². The van der Waals surface area contributed by atoms with Crippen LogP contribution in [0.5, 0.6) is 0 Å². The second-order valence-corrected chi connectivity index (χ2v) is 6.17. The highest BCUT2D eigenvalue weighted by Gasteiger charge is 2.72. The largest absolute Gasteiger partial charge is 0.399 e. The molecular weight excluding hydrogens is 240 g/mol. The molecule has 1 aliphatic heterocycles. The summed E-state index contributed by atoms with van der Waals surface area (Å²) in [6, 6.07) is 7.12. The molecule has 1 aromatic rings. The van der Waals surface area contributed by atoms with E-state index in [-0.39, 0.29) is 35.1 Å². The lowest BCUT2D eigenvalue weighted by molar-refractivity contribution is -0.145. The number of rotatable bonds is 2. The van der Waals surface area contributed by atoms with E-state index < -0.39 is 0 Å². The van der Waals surface area contributed by atoms with Crippen LogP contribution < -0.4 is 5.73 Å². The number of amides is 2. The van der Waals surface area contributed by atoms with Gasteiger partial charge in [0.05, 0.1) is 17.9 Å². The van der Waals surface area contributed by atoms with Gasteiger partial charge in [0, 0.05) is 5.69 Å². The highest BCUT2D eigenvalue weighted by atomic mass is 16.2. The number of imide groups is 1. The average molecular weight is 258 g/mol. The summed E-state index contributed by atoms with van der Waals surface area (Å²) in [5.41, 5.74) is 7.15. The van der Waals surface area contributed by atoms with Gasteiger partial charge >= 0.3 is 0 Å². The van der Waals surface area contributed by atoms with Crippen LogP contribution in [0, 0.1) is 17.3 Å². The van der Waals surface area contributed by atoms with E-state index in [0.29, 0.717) is 5.69 Å². The van der Waals surface area contributed by atoms with Crippen LogP contribution in [-0.2, 0) is 9.59 Å². The monoisotopic (exact) mass is 258 g/mol. The highest BCUT2D eigenvalue weighted by Crippen LogP contribution is 2.64. The Morgan fingerprint density at radius 3 is 2.32 bits per heavy atom. The highest BCUT2D eigenvalue weighted by molar-refractivity contribution is 6.10. The number of benzene rings is 1. The molecular formula is C15H18N2O2. The molecule has 0 bridgehead atoms. The Labute approximate surface area is 112 Å². The third-order valence-corrected chi connectivity index (χ3v) is 4.61. The van der Waals surface area contributed by atoms with Gasteiger partial charge in [0.1, 0.15) is 0 Å². The van der Waals surface area contributed by atoms with E-state index in [1.165, 1.54) is 4.90 Å². The molecule has 1 heterocycles. The van der Waals surface area contributed by atoms with Crippen molar-refractivity contribution in [2.45, 2.75) is 26.8 Å². The first kappa shape index (κ1) is 12.2. The minimum Gasteiger partial charge on any atom is -0.399 e. The minimum atomic E-state index is -0.243. The smallest absolute Gasteiger partial charge is 0.234 e. The van der Waals surface area contributed by atoms with Crippen molar-refractivity contribution >= 4 is 17.5 Å². The molecule has 0 spiro atoms. The van der Waals surface area contributed by atoms with Crippen LogP contribution in [0.25, 0.3) is 0 Å². The molecule has 1 saturated heterocycles. The average Bonchev–Trinajstić information content (AvgIpc) is 2.79. The SMILES string of the molecule is CC(c1cccc(N)c1)N1C(=O)C2C(C1=O)C2(C)C. The third-order valence-electron chi connectivity index (χ3n) is 4.61. The Morgan fingerprint density at radius 1 is 1.21 bits per heavy atom. The number of likely N-dealkylation sites (tertiary alicyclic amines) is 1. The number of nitrogen functional groups attached to an aromatic ring is 1. The number of carbonyl (C=O) groups excluding carboxylic acids is 2. The maximum absolute atomic E-state index is 12.3. The molecule has 19 heavy (non-hydrogen) atoms. The predicted octanol–water partition coefficient (Wildman–Crippen LogP) is 1.97. The van der Waals surface area contributed by atoms with E-state index in [1.807, 2.05) is 39.0 Å². The molecule has 1 aromatic carbocycles. The van der Waals surface area contributed by atoms with Crippen molar-refractivity contribution in [1.82, 2.24) is 4.90 Å². The molecule has 3 rings (SSSR count). The van der Waals surface area contributed by atoms with E-state index in [9.17, 15) is 9.59 Å². The van der Waals surface area contributed by atoms with Crippen molar-refractivity contribution in [3.63, 3.8) is 0 Å². The normalized spacial score (nSPS) is 29.3. The zero-order chi connectivity index (χ0) is 13.9. The summed E-state index contributed by atoms with van der Waals surface area (Å²) in [5.74, 6) is -0.308. The molecule has 1 saturated carbocycles. The van der Waals surface area contributed by atoms with Crippen molar-refractivity contribution in [2.75, 3.05) is 5.73 Å². The molecule has 0 aromatic heterocycles. The van der Waals surface area contributed by atoms with Gasteiger partial charge in [-0.2, -0.15) is 0 Å². The molecule has 2 N–H and O–H groups in total. The Bertz CT molecular complexity index is 555. The molecule has 100 valence electrons. The standard InChI is InChI=1S/C15H18N2O2/c1-8(9-5-4-6-10(16)7-9)17-13(18)11-12(14(17)19)15(11,2)3/h4-8,11-12H,16H2,1-3H3. The van der Waals surface area contributed by atoms with Crippen LogP contribution in [0.2, 0.25) is 0 Å². The van der Waals surface area contributed by atoms with Crippen molar-refractivity contribution in [1.29, 1.82) is 0 Å². The molecule has 3 atom stereocenters. The summed E-state index contributed by atoms with van der Waals surface area (Å²) in [6.07, 6.45) is 0. The summed E-state index contributed by atoms with van der Waals surface area (Å²) < 4.78 is 0. The fraction of sp³-hybridized carbons (Fsp3) is 0.467. The van der Waals surface area contributed by atoms with Gasteiger partial charge in [0.15, 0.2) is 0 Å². The number of nitrogens with two attached hydrogens (primary N) is 1. The van der Waals surface area contributed by atoms with E-state index in [4.69, 9.17) is 5.73 Å². The van der Waals surface area contributed by atoms with Gasteiger partial charge in [0.2, 0.25) is 11.8 Å². The molecule has 4 heteroatoms. The van der Waals surface area contributed by atoms with Gasteiger partial charge < -0.3 is 5.73 Å². The topological polar surface area (TPSA) is 63.4 Å². The van der Waals surface area contributed by atoms with E-state index >= 15 is 0 Å². The number of piperidine rings is 1. The number of hydrogen-bond donors (Lipinski definition) is 1. The van der Waals surface area contributed by atoms with Crippen molar-refractivity contribution in [3.8, 4) is 0 Å². The summed E-state index contributed by atoms with van der Waals surface area (Å²) in [7, 11) is 0. The minimum absolute atomic E-state index is 0.0325. The van der Waals surface area contributed by atoms with Crippen molar-refractivity contribution in [2.24, 2.45) is 17.3 Å². The Hall–Kier alpha value is -1.84. The van der Waals surface area contributed by atoms with E-state index in [0.717, 1.165) is 5.56 Å². The van der Waals surface area contributed by atoms with Crippen LogP contribution in [0.15, 0.2) is 24.3 Å². The zero-order valence-electron chi connectivity index (χ0n) is 11.4. The molecule has 2 aliphatic rings. The third kappa shape index (κ3) is 1.52.